The van der Waals surface area contributed by atoms with Gasteiger partial charge in [0.05, 0.1) is 16.8 Å². The van der Waals surface area contributed by atoms with Gasteiger partial charge >= 0.3 is 0 Å². The van der Waals surface area contributed by atoms with Crippen LogP contribution in [0.25, 0.3) is 0 Å². The third-order valence-electron chi connectivity index (χ3n) is 2.67. The molecule has 0 saturated carbocycles. The molecule has 0 unspecified atom stereocenters. The van der Waals surface area contributed by atoms with E-state index in [-0.39, 0.29) is 11.3 Å². The molecule has 0 radical (unpaired) electrons. The van der Waals surface area contributed by atoms with E-state index in [1.165, 1.54) is 6.26 Å². The second kappa shape index (κ2) is 5.31. The van der Waals surface area contributed by atoms with Crippen LogP contribution in [0.15, 0.2) is 16.7 Å². The van der Waals surface area contributed by atoms with Gasteiger partial charge in [0, 0.05) is 18.4 Å². The van der Waals surface area contributed by atoms with Gasteiger partial charge in [0.15, 0.2) is 0 Å². The van der Waals surface area contributed by atoms with Gasteiger partial charge in [-0.1, -0.05) is 33.0 Å². The van der Waals surface area contributed by atoms with Crippen LogP contribution in [-0.4, -0.2) is 17.4 Å². The van der Waals surface area contributed by atoms with Crippen molar-refractivity contribution in [1.29, 1.82) is 0 Å². The van der Waals surface area contributed by atoms with Crippen molar-refractivity contribution >= 4 is 23.1 Å². The molecule has 0 spiro atoms. The van der Waals surface area contributed by atoms with E-state index in [1.54, 1.807) is 6.07 Å². The van der Waals surface area contributed by atoms with Crippen LogP contribution >= 0.6 is 12.2 Å². The summed E-state index contributed by atoms with van der Waals surface area (Å²) in [5.74, 6) is 0.538. The van der Waals surface area contributed by atoms with E-state index in [9.17, 15) is 4.79 Å². The SMILES string of the molecule is CCc1occc1C(=O)NCC(C)(C)C(N)=S. The van der Waals surface area contributed by atoms with Crippen molar-refractivity contribution < 1.29 is 9.21 Å². The topological polar surface area (TPSA) is 68.3 Å². The minimum absolute atomic E-state index is 0.153. The van der Waals surface area contributed by atoms with Gasteiger partial charge < -0.3 is 15.5 Å². The zero-order chi connectivity index (χ0) is 13.1. The molecule has 17 heavy (non-hydrogen) atoms. The summed E-state index contributed by atoms with van der Waals surface area (Å²) in [5, 5.41) is 2.81. The molecule has 5 heteroatoms. The number of hydrogen-bond acceptors (Lipinski definition) is 3. The summed E-state index contributed by atoms with van der Waals surface area (Å²) in [7, 11) is 0. The minimum atomic E-state index is -0.388. The molecule has 0 fully saturated rings. The Morgan fingerprint density at radius 3 is 2.76 bits per heavy atom. The third-order valence-corrected chi connectivity index (χ3v) is 3.22. The highest BCUT2D eigenvalue weighted by molar-refractivity contribution is 7.80. The van der Waals surface area contributed by atoms with Crippen LogP contribution in [-0.2, 0) is 6.42 Å². The first-order valence-corrected chi connectivity index (χ1v) is 5.93. The number of nitrogens with one attached hydrogen (secondary N) is 1. The van der Waals surface area contributed by atoms with Crippen LogP contribution in [0.1, 0.15) is 36.9 Å². The average molecular weight is 254 g/mol. The number of hydrogen-bond donors (Lipinski definition) is 2. The van der Waals surface area contributed by atoms with Crippen molar-refractivity contribution in [2.45, 2.75) is 27.2 Å². The Labute approximate surface area is 107 Å². The molecule has 3 N–H and O–H groups in total. The van der Waals surface area contributed by atoms with Crippen molar-refractivity contribution in [3.63, 3.8) is 0 Å². The summed E-state index contributed by atoms with van der Waals surface area (Å²) in [5.41, 5.74) is 5.78. The van der Waals surface area contributed by atoms with Gasteiger partial charge in [-0.15, -0.1) is 0 Å². The molecule has 0 aliphatic carbocycles. The number of carbonyl (C=O) groups is 1. The lowest BCUT2D eigenvalue weighted by atomic mass is 9.93. The molecule has 1 aromatic heterocycles. The van der Waals surface area contributed by atoms with Crippen LogP contribution in [0.4, 0.5) is 0 Å². The third kappa shape index (κ3) is 3.30. The Morgan fingerprint density at radius 1 is 1.59 bits per heavy atom. The maximum Gasteiger partial charge on any atom is 0.254 e. The van der Waals surface area contributed by atoms with Gasteiger partial charge in [-0.25, -0.2) is 0 Å². The summed E-state index contributed by atoms with van der Waals surface area (Å²) < 4.78 is 5.20. The molecule has 0 aromatic carbocycles. The number of furan rings is 1. The van der Waals surface area contributed by atoms with E-state index in [0.29, 0.717) is 29.3 Å². The molecule has 1 aromatic rings. The molecule has 0 bridgehead atoms. The Bertz CT molecular complexity index is 424. The minimum Gasteiger partial charge on any atom is -0.469 e. The summed E-state index contributed by atoms with van der Waals surface area (Å²) in [6.45, 7) is 6.14. The lowest BCUT2D eigenvalue weighted by molar-refractivity contribution is 0.0943. The number of carbonyl (C=O) groups excluding carboxylic acids is 1. The van der Waals surface area contributed by atoms with E-state index in [0.717, 1.165) is 0 Å². The van der Waals surface area contributed by atoms with E-state index in [4.69, 9.17) is 22.4 Å². The molecule has 0 atom stereocenters. The zero-order valence-corrected chi connectivity index (χ0v) is 11.2. The normalized spacial score (nSPS) is 11.2. The van der Waals surface area contributed by atoms with E-state index < -0.39 is 0 Å². The fourth-order valence-corrected chi connectivity index (χ4v) is 1.37. The first-order valence-electron chi connectivity index (χ1n) is 5.53. The van der Waals surface area contributed by atoms with Crippen molar-refractivity contribution in [1.82, 2.24) is 5.32 Å². The van der Waals surface area contributed by atoms with Gasteiger partial charge in [-0.3, -0.25) is 4.79 Å². The average Bonchev–Trinajstić information content (AvgIpc) is 2.73. The Kier molecular flexibility index (Phi) is 4.28. The largest absolute Gasteiger partial charge is 0.469 e. The quantitative estimate of drug-likeness (QED) is 0.787. The highest BCUT2D eigenvalue weighted by atomic mass is 32.1. The second-order valence-electron chi connectivity index (χ2n) is 4.54. The zero-order valence-electron chi connectivity index (χ0n) is 10.4. The Balaban J connectivity index is 2.65. The highest BCUT2D eigenvalue weighted by Gasteiger charge is 2.23. The van der Waals surface area contributed by atoms with E-state index in [1.807, 2.05) is 20.8 Å². The fourth-order valence-electron chi connectivity index (χ4n) is 1.30. The van der Waals surface area contributed by atoms with Gasteiger partial charge in [0.1, 0.15) is 5.76 Å². The van der Waals surface area contributed by atoms with Gasteiger partial charge in [-0.05, 0) is 6.07 Å². The van der Waals surface area contributed by atoms with Crippen molar-refractivity contribution in [2.24, 2.45) is 11.1 Å². The number of amides is 1. The summed E-state index contributed by atoms with van der Waals surface area (Å²) in [6, 6.07) is 1.67. The lowest BCUT2D eigenvalue weighted by Gasteiger charge is -2.23. The Hall–Kier alpha value is -1.36. The van der Waals surface area contributed by atoms with Crippen LogP contribution in [0.2, 0.25) is 0 Å². The van der Waals surface area contributed by atoms with Crippen LogP contribution in [0.5, 0.6) is 0 Å². The molecule has 1 heterocycles. The fraction of sp³-hybridized carbons (Fsp3) is 0.500. The maximum absolute atomic E-state index is 11.9. The summed E-state index contributed by atoms with van der Waals surface area (Å²) >= 11 is 4.94. The highest BCUT2D eigenvalue weighted by Crippen LogP contribution is 2.15. The van der Waals surface area contributed by atoms with Gasteiger partial charge in [0.25, 0.3) is 5.91 Å². The number of rotatable bonds is 5. The molecule has 1 amide bonds. The molecule has 1 rings (SSSR count). The maximum atomic E-state index is 11.9. The van der Waals surface area contributed by atoms with E-state index >= 15 is 0 Å². The van der Waals surface area contributed by atoms with Gasteiger partial charge in [-0.2, -0.15) is 0 Å². The van der Waals surface area contributed by atoms with Crippen molar-refractivity contribution in [3.8, 4) is 0 Å². The predicted molar refractivity (Wildman–Crippen MR) is 71.0 cm³/mol. The van der Waals surface area contributed by atoms with Gasteiger partial charge in [0.2, 0.25) is 0 Å². The van der Waals surface area contributed by atoms with Crippen molar-refractivity contribution in [3.05, 3.63) is 23.7 Å². The number of thiocarbonyl (C=S) groups is 1. The first kappa shape index (κ1) is 13.7. The van der Waals surface area contributed by atoms with Crippen LogP contribution in [0.3, 0.4) is 0 Å². The summed E-state index contributed by atoms with van der Waals surface area (Å²) in [6.07, 6.45) is 2.21. The first-order chi connectivity index (χ1) is 7.88. The lowest BCUT2D eigenvalue weighted by Crippen LogP contribution is -2.41. The molecule has 4 nitrogen and oxygen atoms in total. The molecule has 94 valence electrons. The number of aryl methyl sites for hydroxylation is 1. The molecule has 0 saturated heterocycles. The molecular formula is C12H18N2O2S. The van der Waals surface area contributed by atoms with Crippen LogP contribution < -0.4 is 11.1 Å². The van der Waals surface area contributed by atoms with Crippen LogP contribution in [0, 0.1) is 5.41 Å². The second-order valence-corrected chi connectivity index (χ2v) is 4.98. The monoisotopic (exact) mass is 254 g/mol. The molecule has 0 aliphatic heterocycles. The number of nitrogens with two attached hydrogens (primary N) is 1. The van der Waals surface area contributed by atoms with Crippen molar-refractivity contribution in [2.75, 3.05) is 6.54 Å². The molecular weight excluding hydrogens is 236 g/mol. The summed E-state index contributed by atoms with van der Waals surface area (Å²) in [4.78, 5) is 12.3. The smallest absolute Gasteiger partial charge is 0.254 e. The van der Waals surface area contributed by atoms with E-state index in [2.05, 4.69) is 5.32 Å². The standard InChI is InChI=1S/C12H18N2O2S/c1-4-9-8(5-6-16-9)10(15)14-7-12(2,3)11(13)17/h5-6H,4,7H2,1-3H3,(H2,13,17)(H,14,15). The molecule has 0 aliphatic rings. The predicted octanol–water partition coefficient (Wildman–Crippen LogP) is 1.88. The Morgan fingerprint density at radius 2 is 2.24 bits per heavy atom.